The molecule has 208 valence electrons. The second-order valence-corrected chi connectivity index (χ2v) is 9.58. The Kier molecular flexibility index (Phi) is 9.87. The van der Waals surface area contributed by atoms with Crippen molar-refractivity contribution in [3.05, 3.63) is 47.5 Å². The number of amides is 3. The van der Waals surface area contributed by atoms with Crippen LogP contribution in [0.1, 0.15) is 61.5 Å². The molecule has 1 aromatic heterocycles. The number of carbonyl (C=O) groups is 3. The summed E-state index contributed by atoms with van der Waals surface area (Å²) in [6.07, 6.45) is 1.91. The molecular weight excluding hydrogens is 506 g/mol. The molecule has 1 saturated carbocycles. The summed E-state index contributed by atoms with van der Waals surface area (Å²) >= 11 is 0. The van der Waals surface area contributed by atoms with Gasteiger partial charge in [-0.05, 0) is 49.4 Å². The summed E-state index contributed by atoms with van der Waals surface area (Å²) in [6, 6.07) is 4.30. The highest BCUT2D eigenvalue weighted by Gasteiger charge is 2.33. The highest BCUT2D eigenvalue weighted by molar-refractivity contribution is 6.00. The lowest BCUT2D eigenvalue weighted by molar-refractivity contribution is -0.157. The second-order valence-electron chi connectivity index (χ2n) is 9.58. The molecule has 3 rings (SSSR count). The highest BCUT2D eigenvalue weighted by Crippen LogP contribution is 2.27. The largest absolute Gasteiger partial charge is 0.406 e. The summed E-state index contributed by atoms with van der Waals surface area (Å²) in [5.41, 5.74) is 0.330. The van der Waals surface area contributed by atoms with Crippen molar-refractivity contribution < 1.29 is 31.9 Å². The van der Waals surface area contributed by atoms with E-state index in [0.29, 0.717) is 17.1 Å². The van der Waals surface area contributed by atoms with Gasteiger partial charge in [0, 0.05) is 19.8 Å². The van der Waals surface area contributed by atoms with Crippen LogP contribution in [0, 0.1) is 11.7 Å². The third-order valence-electron chi connectivity index (χ3n) is 6.68. The average molecular weight is 540 g/mol. The van der Waals surface area contributed by atoms with Crippen LogP contribution in [0.15, 0.2) is 30.5 Å². The number of aromatic nitrogens is 2. The van der Waals surface area contributed by atoms with Gasteiger partial charge in [-0.3, -0.25) is 19.1 Å². The van der Waals surface area contributed by atoms with Gasteiger partial charge >= 0.3 is 6.18 Å². The first-order valence-corrected chi connectivity index (χ1v) is 12.7. The molecule has 1 aromatic carbocycles. The third-order valence-corrected chi connectivity index (χ3v) is 6.68. The summed E-state index contributed by atoms with van der Waals surface area (Å²) in [5.74, 6) is -2.81. The zero-order valence-corrected chi connectivity index (χ0v) is 21.5. The zero-order chi connectivity index (χ0) is 27.9. The number of alkyl halides is 3. The van der Waals surface area contributed by atoms with E-state index in [9.17, 15) is 31.9 Å². The Balaban J connectivity index is 1.73. The first-order chi connectivity index (χ1) is 18.0. The molecule has 0 aliphatic heterocycles. The van der Waals surface area contributed by atoms with Crippen molar-refractivity contribution in [1.82, 2.24) is 20.0 Å². The number of aryl methyl sites for hydroxylation is 1. The van der Waals surface area contributed by atoms with E-state index >= 15 is 0 Å². The number of hydrogen-bond acceptors (Lipinski definition) is 4. The molecule has 0 spiro atoms. The molecule has 1 unspecified atom stereocenters. The first-order valence-electron chi connectivity index (χ1n) is 12.7. The van der Waals surface area contributed by atoms with Gasteiger partial charge in [0.05, 0.1) is 12.1 Å². The van der Waals surface area contributed by atoms with Crippen molar-refractivity contribution in [2.24, 2.45) is 5.92 Å². The van der Waals surface area contributed by atoms with Crippen molar-refractivity contribution in [2.45, 2.75) is 70.6 Å². The molecule has 0 radical (unpaired) electrons. The Hall–Kier alpha value is -3.44. The molecule has 0 saturated heterocycles. The maximum atomic E-state index is 14.9. The van der Waals surface area contributed by atoms with Crippen molar-refractivity contribution in [3.63, 3.8) is 0 Å². The fourth-order valence-electron chi connectivity index (χ4n) is 4.68. The molecule has 3 amide bonds. The van der Waals surface area contributed by atoms with Gasteiger partial charge < -0.3 is 15.5 Å². The van der Waals surface area contributed by atoms with Crippen molar-refractivity contribution in [3.8, 4) is 0 Å². The number of benzene rings is 1. The Labute approximate surface area is 218 Å². The minimum absolute atomic E-state index is 0.136. The lowest BCUT2D eigenvalue weighted by Crippen LogP contribution is -2.49. The van der Waals surface area contributed by atoms with Crippen molar-refractivity contribution in [1.29, 1.82) is 0 Å². The number of anilines is 1. The van der Waals surface area contributed by atoms with E-state index < -0.39 is 48.7 Å². The first kappa shape index (κ1) is 29.1. The molecule has 0 bridgehead atoms. The average Bonchev–Trinajstić information content (AvgIpc) is 3.17. The normalized spacial score (nSPS) is 15.4. The SMILES string of the molecule is CCn1nccc1C(=O)NC(C(=O)Nc1ccc(CC(=O)N(C)CC(F)(F)F)cc1F)C1CCCCCC1. The lowest BCUT2D eigenvalue weighted by atomic mass is 9.91. The quantitative estimate of drug-likeness (QED) is 0.367. The molecule has 2 N–H and O–H groups in total. The van der Waals surface area contributed by atoms with E-state index in [-0.39, 0.29) is 17.2 Å². The maximum Gasteiger partial charge on any atom is 0.406 e. The molecule has 12 heteroatoms. The van der Waals surface area contributed by atoms with E-state index in [4.69, 9.17) is 0 Å². The van der Waals surface area contributed by atoms with Crippen LogP contribution in [0.4, 0.5) is 23.2 Å². The number of halogens is 4. The van der Waals surface area contributed by atoms with Crippen LogP contribution in [-0.2, 0) is 22.6 Å². The van der Waals surface area contributed by atoms with Gasteiger partial charge in [0.25, 0.3) is 5.91 Å². The Bertz CT molecular complexity index is 1130. The number of nitrogens with zero attached hydrogens (tertiary/aromatic N) is 3. The summed E-state index contributed by atoms with van der Waals surface area (Å²) < 4.78 is 54.0. The number of likely N-dealkylation sites (N-methyl/N-ethyl adjacent to an activating group) is 1. The number of nitrogens with one attached hydrogen (secondary N) is 2. The third kappa shape index (κ3) is 8.03. The number of carbonyl (C=O) groups excluding carboxylic acids is 3. The van der Waals surface area contributed by atoms with E-state index in [2.05, 4.69) is 15.7 Å². The molecule has 1 aliphatic rings. The minimum Gasteiger partial charge on any atom is -0.339 e. The van der Waals surface area contributed by atoms with E-state index in [1.165, 1.54) is 23.0 Å². The Morgan fingerprint density at radius 1 is 1.13 bits per heavy atom. The predicted molar refractivity (Wildman–Crippen MR) is 133 cm³/mol. The molecule has 1 heterocycles. The van der Waals surface area contributed by atoms with Crippen molar-refractivity contribution in [2.75, 3.05) is 18.9 Å². The van der Waals surface area contributed by atoms with Crippen molar-refractivity contribution >= 4 is 23.4 Å². The molecule has 1 aliphatic carbocycles. The van der Waals surface area contributed by atoms with Gasteiger partial charge in [-0.15, -0.1) is 0 Å². The number of rotatable bonds is 9. The van der Waals surface area contributed by atoms with Gasteiger partial charge in [-0.2, -0.15) is 18.3 Å². The van der Waals surface area contributed by atoms with Crippen LogP contribution >= 0.6 is 0 Å². The number of hydrogen-bond donors (Lipinski definition) is 2. The van der Waals surface area contributed by atoms with Gasteiger partial charge in [0.15, 0.2) is 0 Å². The second kappa shape index (κ2) is 12.9. The zero-order valence-electron chi connectivity index (χ0n) is 21.5. The Morgan fingerprint density at radius 2 is 1.82 bits per heavy atom. The van der Waals surface area contributed by atoms with Gasteiger partial charge in [0.1, 0.15) is 24.1 Å². The van der Waals surface area contributed by atoms with Crippen LogP contribution < -0.4 is 10.6 Å². The van der Waals surface area contributed by atoms with Gasteiger partial charge in [0.2, 0.25) is 11.8 Å². The molecule has 1 fully saturated rings. The predicted octanol–water partition coefficient (Wildman–Crippen LogP) is 4.31. The standard InChI is InChI=1S/C26H33F4N5O3/c1-3-35-21(12-13-31-35)24(37)33-23(18-8-6-4-5-7-9-18)25(38)32-20-11-10-17(14-19(20)27)15-22(36)34(2)16-26(28,29)30/h10-14,18,23H,3-9,15-16H2,1-2H3,(H,32,38)(H,33,37). The molecule has 8 nitrogen and oxygen atoms in total. The van der Waals surface area contributed by atoms with Crippen LogP contribution in [0.5, 0.6) is 0 Å². The summed E-state index contributed by atoms with van der Waals surface area (Å²) in [6.45, 7) is 0.908. The monoisotopic (exact) mass is 539 g/mol. The maximum absolute atomic E-state index is 14.9. The van der Waals surface area contributed by atoms with Gasteiger partial charge in [-0.25, -0.2) is 4.39 Å². The summed E-state index contributed by atoms with van der Waals surface area (Å²) in [7, 11) is 1.02. The van der Waals surface area contributed by atoms with Crippen LogP contribution in [-0.4, -0.2) is 58.2 Å². The topological polar surface area (TPSA) is 96.3 Å². The molecular formula is C26H33F4N5O3. The fourth-order valence-corrected chi connectivity index (χ4v) is 4.68. The summed E-state index contributed by atoms with van der Waals surface area (Å²) in [4.78, 5) is 39.0. The van der Waals surface area contributed by atoms with Crippen LogP contribution in [0.2, 0.25) is 0 Å². The lowest BCUT2D eigenvalue weighted by Gasteiger charge is -2.26. The fraction of sp³-hybridized carbons (Fsp3) is 0.538. The van der Waals surface area contributed by atoms with E-state index in [1.54, 1.807) is 6.07 Å². The van der Waals surface area contributed by atoms with Crippen LogP contribution in [0.25, 0.3) is 0 Å². The smallest absolute Gasteiger partial charge is 0.339 e. The molecule has 1 atom stereocenters. The Morgan fingerprint density at radius 3 is 2.42 bits per heavy atom. The minimum atomic E-state index is -4.54. The molecule has 2 aromatic rings. The molecule has 38 heavy (non-hydrogen) atoms. The van der Waals surface area contributed by atoms with E-state index in [1.807, 2.05) is 6.92 Å². The van der Waals surface area contributed by atoms with Gasteiger partial charge in [-0.1, -0.05) is 31.7 Å². The van der Waals surface area contributed by atoms with E-state index in [0.717, 1.165) is 51.6 Å². The summed E-state index contributed by atoms with van der Waals surface area (Å²) in [5, 5.41) is 9.46. The van der Waals surface area contributed by atoms with Crippen LogP contribution in [0.3, 0.4) is 0 Å². The highest BCUT2D eigenvalue weighted by atomic mass is 19.4.